The smallest absolute Gasteiger partial charge is 0.220 e. The van der Waals surface area contributed by atoms with Crippen molar-refractivity contribution < 1.29 is 4.79 Å². The van der Waals surface area contributed by atoms with Gasteiger partial charge in [0, 0.05) is 30.6 Å². The molecule has 2 N–H and O–H groups in total. The third-order valence-electron chi connectivity index (χ3n) is 3.03. The highest BCUT2D eigenvalue weighted by atomic mass is 16.1. The largest absolute Gasteiger partial charge is 0.383 e. The maximum atomic E-state index is 11.3. The van der Waals surface area contributed by atoms with E-state index in [1.54, 1.807) is 0 Å². The SMILES string of the molecule is CCCC(=O)NCCNc1cccc2ccccc12. The monoisotopic (exact) mass is 256 g/mol. The number of hydrogen-bond acceptors (Lipinski definition) is 2. The lowest BCUT2D eigenvalue weighted by atomic mass is 10.1. The molecule has 2 aromatic carbocycles. The minimum Gasteiger partial charge on any atom is -0.383 e. The van der Waals surface area contributed by atoms with Crippen LogP contribution in [0.2, 0.25) is 0 Å². The van der Waals surface area contributed by atoms with E-state index in [0.717, 1.165) is 18.7 Å². The van der Waals surface area contributed by atoms with Crippen LogP contribution in [0.5, 0.6) is 0 Å². The number of anilines is 1. The molecule has 3 nitrogen and oxygen atoms in total. The zero-order chi connectivity index (χ0) is 13.5. The molecule has 0 radical (unpaired) electrons. The van der Waals surface area contributed by atoms with E-state index in [2.05, 4.69) is 34.9 Å². The number of benzene rings is 2. The Morgan fingerprint density at radius 2 is 1.84 bits per heavy atom. The molecule has 3 heteroatoms. The Morgan fingerprint density at radius 1 is 1.05 bits per heavy atom. The van der Waals surface area contributed by atoms with Crippen molar-refractivity contribution in [2.24, 2.45) is 0 Å². The minimum absolute atomic E-state index is 0.127. The molecule has 0 aliphatic heterocycles. The van der Waals surface area contributed by atoms with Gasteiger partial charge in [-0.05, 0) is 17.9 Å². The van der Waals surface area contributed by atoms with Gasteiger partial charge in [0.25, 0.3) is 0 Å². The first-order valence-electron chi connectivity index (χ1n) is 6.79. The van der Waals surface area contributed by atoms with Crippen LogP contribution in [0.25, 0.3) is 10.8 Å². The summed E-state index contributed by atoms with van der Waals surface area (Å²) in [5.41, 5.74) is 1.11. The Morgan fingerprint density at radius 3 is 2.68 bits per heavy atom. The van der Waals surface area contributed by atoms with E-state index in [0.29, 0.717) is 13.0 Å². The number of nitrogens with one attached hydrogen (secondary N) is 2. The van der Waals surface area contributed by atoms with Crippen molar-refractivity contribution in [3.63, 3.8) is 0 Å². The predicted molar refractivity (Wildman–Crippen MR) is 80.4 cm³/mol. The van der Waals surface area contributed by atoms with Crippen molar-refractivity contribution in [1.82, 2.24) is 5.32 Å². The number of rotatable bonds is 6. The van der Waals surface area contributed by atoms with Crippen LogP contribution >= 0.6 is 0 Å². The third-order valence-corrected chi connectivity index (χ3v) is 3.03. The highest BCUT2D eigenvalue weighted by Crippen LogP contribution is 2.22. The van der Waals surface area contributed by atoms with Crippen molar-refractivity contribution in [3.8, 4) is 0 Å². The summed E-state index contributed by atoms with van der Waals surface area (Å²) in [7, 11) is 0. The van der Waals surface area contributed by atoms with Gasteiger partial charge in [-0.1, -0.05) is 43.3 Å². The fraction of sp³-hybridized carbons (Fsp3) is 0.312. The Kier molecular flexibility index (Phi) is 4.78. The first kappa shape index (κ1) is 13.4. The highest BCUT2D eigenvalue weighted by molar-refractivity contribution is 5.93. The number of carbonyl (C=O) groups excluding carboxylic acids is 1. The summed E-state index contributed by atoms with van der Waals surface area (Å²) in [4.78, 5) is 11.3. The van der Waals surface area contributed by atoms with Crippen LogP contribution in [0, 0.1) is 0 Å². The van der Waals surface area contributed by atoms with Gasteiger partial charge in [0.05, 0.1) is 0 Å². The van der Waals surface area contributed by atoms with Gasteiger partial charge in [0.15, 0.2) is 0 Å². The summed E-state index contributed by atoms with van der Waals surface area (Å²) >= 11 is 0. The lowest BCUT2D eigenvalue weighted by molar-refractivity contribution is -0.121. The molecule has 0 saturated carbocycles. The molecule has 0 fully saturated rings. The van der Waals surface area contributed by atoms with E-state index in [9.17, 15) is 4.79 Å². The molecule has 2 rings (SSSR count). The molecule has 0 aliphatic carbocycles. The molecular weight excluding hydrogens is 236 g/mol. The molecule has 100 valence electrons. The van der Waals surface area contributed by atoms with E-state index in [-0.39, 0.29) is 5.91 Å². The van der Waals surface area contributed by atoms with Crippen LogP contribution in [0.4, 0.5) is 5.69 Å². The van der Waals surface area contributed by atoms with Gasteiger partial charge in [-0.25, -0.2) is 0 Å². The zero-order valence-corrected chi connectivity index (χ0v) is 11.3. The maximum Gasteiger partial charge on any atom is 0.220 e. The Labute approximate surface area is 114 Å². The lowest BCUT2D eigenvalue weighted by Gasteiger charge is -2.10. The molecule has 0 spiro atoms. The fourth-order valence-corrected chi connectivity index (χ4v) is 2.09. The standard InChI is InChI=1S/C16H20N2O/c1-2-6-16(19)18-12-11-17-15-10-5-8-13-7-3-4-9-14(13)15/h3-5,7-10,17H,2,6,11-12H2,1H3,(H,18,19). The van der Waals surface area contributed by atoms with E-state index in [1.807, 2.05) is 25.1 Å². The average molecular weight is 256 g/mol. The summed E-state index contributed by atoms with van der Waals surface area (Å²) in [6.07, 6.45) is 1.50. The van der Waals surface area contributed by atoms with Crippen LogP contribution in [0.3, 0.4) is 0 Å². The predicted octanol–water partition coefficient (Wildman–Crippen LogP) is 3.17. The summed E-state index contributed by atoms with van der Waals surface area (Å²) in [5, 5.41) is 8.71. The molecule has 0 aliphatic rings. The quantitative estimate of drug-likeness (QED) is 0.779. The number of carbonyl (C=O) groups is 1. The molecule has 0 bridgehead atoms. The van der Waals surface area contributed by atoms with Crippen molar-refractivity contribution in [2.75, 3.05) is 18.4 Å². The van der Waals surface area contributed by atoms with Crippen LogP contribution in [-0.2, 0) is 4.79 Å². The Balaban J connectivity index is 1.90. The van der Waals surface area contributed by atoms with Crippen LogP contribution < -0.4 is 10.6 Å². The molecule has 0 saturated heterocycles. The molecule has 0 aromatic heterocycles. The summed E-state index contributed by atoms with van der Waals surface area (Å²) in [6.45, 7) is 3.40. The minimum atomic E-state index is 0.127. The first-order chi connectivity index (χ1) is 9.31. The Bertz CT molecular complexity index is 546. The first-order valence-corrected chi connectivity index (χ1v) is 6.79. The zero-order valence-electron chi connectivity index (χ0n) is 11.3. The fourth-order valence-electron chi connectivity index (χ4n) is 2.09. The van der Waals surface area contributed by atoms with Gasteiger partial charge in [-0.3, -0.25) is 4.79 Å². The van der Waals surface area contributed by atoms with Gasteiger partial charge in [-0.2, -0.15) is 0 Å². The molecule has 1 amide bonds. The topological polar surface area (TPSA) is 41.1 Å². The summed E-state index contributed by atoms with van der Waals surface area (Å²) in [6, 6.07) is 14.5. The molecule has 19 heavy (non-hydrogen) atoms. The molecule has 0 atom stereocenters. The molecule has 0 heterocycles. The van der Waals surface area contributed by atoms with Gasteiger partial charge >= 0.3 is 0 Å². The molecule has 0 unspecified atom stereocenters. The summed E-state index contributed by atoms with van der Waals surface area (Å²) < 4.78 is 0. The van der Waals surface area contributed by atoms with E-state index < -0.39 is 0 Å². The molecule has 2 aromatic rings. The van der Waals surface area contributed by atoms with Gasteiger partial charge in [-0.15, -0.1) is 0 Å². The summed E-state index contributed by atoms with van der Waals surface area (Å²) in [5.74, 6) is 0.127. The van der Waals surface area contributed by atoms with Crippen molar-refractivity contribution in [1.29, 1.82) is 0 Å². The van der Waals surface area contributed by atoms with E-state index in [1.165, 1.54) is 10.8 Å². The van der Waals surface area contributed by atoms with Crippen LogP contribution in [0.1, 0.15) is 19.8 Å². The second kappa shape index (κ2) is 6.78. The lowest BCUT2D eigenvalue weighted by Crippen LogP contribution is -2.28. The highest BCUT2D eigenvalue weighted by Gasteiger charge is 2.00. The number of amides is 1. The Hall–Kier alpha value is -2.03. The van der Waals surface area contributed by atoms with Gasteiger partial charge < -0.3 is 10.6 Å². The second-order valence-corrected chi connectivity index (χ2v) is 4.55. The average Bonchev–Trinajstić information content (AvgIpc) is 2.44. The molecular formula is C16H20N2O. The maximum absolute atomic E-state index is 11.3. The van der Waals surface area contributed by atoms with Crippen molar-refractivity contribution in [2.45, 2.75) is 19.8 Å². The van der Waals surface area contributed by atoms with Crippen LogP contribution in [0.15, 0.2) is 42.5 Å². The normalized spacial score (nSPS) is 10.4. The van der Waals surface area contributed by atoms with Crippen molar-refractivity contribution >= 4 is 22.4 Å². The van der Waals surface area contributed by atoms with E-state index >= 15 is 0 Å². The van der Waals surface area contributed by atoms with Crippen molar-refractivity contribution in [3.05, 3.63) is 42.5 Å². The van der Waals surface area contributed by atoms with E-state index in [4.69, 9.17) is 0 Å². The third kappa shape index (κ3) is 3.71. The number of fused-ring (bicyclic) bond motifs is 1. The van der Waals surface area contributed by atoms with Gasteiger partial charge in [0.2, 0.25) is 5.91 Å². The second-order valence-electron chi connectivity index (χ2n) is 4.55. The van der Waals surface area contributed by atoms with Gasteiger partial charge in [0.1, 0.15) is 0 Å². The van der Waals surface area contributed by atoms with Crippen LogP contribution in [-0.4, -0.2) is 19.0 Å². The number of hydrogen-bond donors (Lipinski definition) is 2.